The number of carboxylic acid groups (broad SMARTS) is 1. The largest absolute Gasteiger partial charge is 0.480 e. The van der Waals surface area contributed by atoms with Crippen molar-refractivity contribution in [2.24, 2.45) is 0 Å². The summed E-state index contributed by atoms with van der Waals surface area (Å²) < 4.78 is 0. The molecule has 0 saturated carbocycles. The minimum absolute atomic E-state index is 0.469. The number of hydrogen-bond donors (Lipinski definition) is 1. The highest BCUT2D eigenvalue weighted by Gasteiger charge is 2.42. The Bertz CT molecular complexity index is 446. The molecule has 3 nitrogen and oxygen atoms in total. The molecule has 3 heteroatoms. The van der Waals surface area contributed by atoms with Gasteiger partial charge in [-0.25, -0.2) is 4.79 Å². The standard InChI is InChI=1S/C16H23NO2/c1-12(2)13-6-8-14(9-7-13)16(3,15(18)19)17-10-4-5-11-17/h6-9,12H,4-5,10-11H2,1-3H3,(H,18,19). The number of benzene rings is 1. The molecule has 1 aromatic carbocycles. The number of rotatable bonds is 4. The summed E-state index contributed by atoms with van der Waals surface area (Å²) in [6.45, 7) is 7.85. The van der Waals surface area contributed by atoms with Crippen molar-refractivity contribution < 1.29 is 9.90 Å². The second-order valence-corrected chi connectivity index (χ2v) is 5.85. The van der Waals surface area contributed by atoms with Crippen LogP contribution in [-0.4, -0.2) is 29.1 Å². The Balaban J connectivity index is 2.35. The summed E-state index contributed by atoms with van der Waals surface area (Å²) in [5.41, 5.74) is 1.23. The topological polar surface area (TPSA) is 40.5 Å². The highest BCUT2D eigenvalue weighted by atomic mass is 16.4. The van der Waals surface area contributed by atoms with E-state index >= 15 is 0 Å². The van der Waals surface area contributed by atoms with Crippen LogP contribution < -0.4 is 0 Å². The lowest BCUT2D eigenvalue weighted by atomic mass is 9.88. The second-order valence-electron chi connectivity index (χ2n) is 5.85. The summed E-state index contributed by atoms with van der Waals surface area (Å²) in [6.07, 6.45) is 2.18. The predicted octanol–water partition coefficient (Wildman–Crippen LogP) is 3.21. The Morgan fingerprint density at radius 3 is 2.16 bits per heavy atom. The number of carboxylic acids is 1. The SMILES string of the molecule is CC(C)c1ccc(C(C)(C(=O)O)N2CCCC2)cc1. The van der Waals surface area contributed by atoms with E-state index in [1.165, 1.54) is 5.56 Å². The third kappa shape index (κ3) is 2.52. The van der Waals surface area contributed by atoms with Crippen molar-refractivity contribution in [3.8, 4) is 0 Å². The molecular weight excluding hydrogens is 238 g/mol. The maximum absolute atomic E-state index is 11.8. The average Bonchev–Trinajstić information content (AvgIpc) is 2.92. The van der Waals surface area contributed by atoms with Gasteiger partial charge in [0.1, 0.15) is 5.54 Å². The van der Waals surface area contributed by atoms with Gasteiger partial charge in [-0.2, -0.15) is 0 Å². The van der Waals surface area contributed by atoms with E-state index in [0.717, 1.165) is 31.5 Å². The fourth-order valence-corrected chi connectivity index (χ4v) is 2.80. The van der Waals surface area contributed by atoms with Crippen LogP contribution in [0.5, 0.6) is 0 Å². The first-order valence-corrected chi connectivity index (χ1v) is 7.05. The first-order chi connectivity index (χ1) is 8.96. The van der Waals surface area contributed by atoms with Gasteiger partial charge in [0.05, 0.1) is 0 Å². The first kappa shape index (κ1) is 14.1. The second kappa shape index (κ2) is 5.33. The van der Waals surface area contributed by atoms with Gasteiger partial charge in [0.25, 0.3) is 0 Å². The minimum atomic E-state index is -0.897. The molecule has 1 fully saturated rings. The van der Waals surface area contributed by atoms with Gasteiger partial charge in [-0.15, -0.1) is 0 Å². The quantitative estimate of drug-likeness (QED) is 0.904. The van der Waals surface area contributed by atoms with Crippen molar-refractivity contribution in [3.05, 3.63) is 35.4 Å². The molecule has 1 aromatic rings. The highest BCUT2D eigenvalue weighted by Crippen LogP contribution is 2.32. The summed E-state index contributed by atoms with van der Waals surface area (Å²) >= 11 is 0. The zero-order valence-electron chi connectivity index (χ0n) is 12.0. The Morgan fingerprint density at radius 2 is 1.74 bits per heavy atom. The van der Waals surface area contributed by atoms with E-state index < -0.39 is 11.5 Å². The zero-order chi connectivity index (χ0) is 14.0. The van der Waals surface area contributed by atoms with Gasteiger partial charge in [-0.05, 0) is 49.9 Å². The van der Waals surface area contributed by atoms with Crippen LogP contribution in [-0.2, 0) is 10.3 Å². The van der Waals surface area contributed by atoms with Gasteiger partial charge in [-0.3, -0.25) is 4.90 Å². The van der Waals surface area contributed by atoms with Crippen LogP contribution in [0.1, 0.15) is 50.7 Å². The van der Waals surface area contributed by atoms with Crippen molar-refractivity contribution >= 4 is 5.97 Å². The molecular formula is C16H23NO2. The van der Waals surface area contributed by atoms with E-state index in [0.29, 0.717) is 5.92 Å². The van der Waals surface area contributed by atoms with Crippen LogP contribution >= 0.6 is 0 Å². The molecule has 0 spiro atoms. The molecule has 1 aliphatic heterocycles. The molecule has 1 unspecified atom stereocenters. The minimum Gasteiger partial charge on any atom is -0.480 e. The van der Waals surface area contributed by atoms with Crippen LogP contribution in [0.25, 0.3) is 0 Å². The van der Waals surface area contributed by atoms with E-state index in [1.54, 1.807) is 0 Å². The molecule has 1 atom stereocenters. The lowest BCUT2D eigenvalue weighted by Crippen LogP contribution is -2.48. The van der Waals surface area contributed by atoms with E-state index in [-0.39, 0.29) is 0 Å². The molecule has 104 valence electrons. The van der Waals surface area contributed by atoms with Crippen LogP contribution in [0.4, 0.5) is 0 Å². The van der Waals surface area contributed by atoms with E-state index in [2.05, 4.69) is 30.9 Å². The molecule has 0 aliphatic carbocycles. The van der Waals surface area contributed by atoms with Gasteiger partial charge >= 0.3 is 5.97 Å². The summed E-state index contributed by atoms with van der Waals surface area (Å²) in [6, 6.07) is 8.05. The summed E-state index contributed by atoms with van der Waals surface area (Å²) in [7, 11) is 0. The number of aliphatic carboxylic acids is 1. The fourth-order valence-electron chi connectivity index (χ4n) is 2.80. The number of nitrogens with zero attached hydrogens (tertiary/aromatic N) is 1. The fraction of sp³-hybridized carbons (Fsp3) is 0.562. The van der Waals surface area contributed by atoms with Crippen LogP contribution in [0.2, 0.25) is 0 Å². The van der Waals surface area contributed by atoms with Crippen molar-refractivity contribution in [1.29, 1.82) is 0 Å². The number of likely N-dealkylation sites (tertiary alicyclic amines) is 1. The smallest absolute Gasteiger partial charge is 0.328 e. The van der Waals surface area contributed by atoms with Gasteiger partial charge in [0, 0.05) is 0 Å². The molecule has 1 aliphatic rings. The third-order valence-corrected chi connectivity index (χ3v) is 4.29. The Hall–Kier alpha value is -1.35. The molecule has 2 rings (SSSR count). The number of hydrogen-bond acceptors (Lipinski definition) is 2. The van der Waals surface area contributed by atoms with Crippen molar-refractivity contribution in [3.63, 3.8) is 0 Å². The zero-order valence-corrected chi connectivity index (χ0v) is 12.0. The molecule has 1 saturated heterocycles. The first-order valence-electron chi connectivity index (χ1n) is 7.05. The summed E-state index contributed by atoms with van der Waals surface area (Å²) in [5, 5.41) is 9.68. The number of carbonyl (C=O) groups is 1. The van der Waals surface area contributed by atoms with Crippen LogP contribution in [0.3, 0.4) is 0 Å². The van der Waals surface area contributed by atoms with E-state index in [4.69, 9.17) is 0 Å². The van der Waals surface area contributed by atoms with E-state index in [9.17, 15) is 9.90 Å². The van der Waals surface area contributed by atoms with Gasteiger partial charge in [0.15, 0.2) is 0 Å². The monoisotopic (exact) mass is 261 g/mol. The van der Waals surface area contributed by atoms with Gasteiger partial charge < -0.3 is 5.11 Å². The van der Waals surface area contributed by atoms with Crippen molar-refractivity contribution in [1.82, 2.24) is 4.90 Å². The van der Waals surface area contributed by atoms with Crippen molar-refractivity contribution in [2.45, 2.75) is 45.1 Å². The lowest BCUT2D eigenvalue weighted by Gasteiger charge is -2.35. The summed E-state index contributed by atoms with van der Waals surface area (Å²) in [4.78, 5) is 13.9. The predicted molar refractivity (Wildman–Crippen MR) is 76.3 cm³/mol. The van der Waals surface area contributed by atoms with Gasteiger partial charge in [0.2, 0.25) is 0 Å². The molecule has 1 N–H and O–H groups in total. The lowest BCUT2D eigenvalue weighted by molar-refractivity contribution is -0.150. The normalized spacial score (nSPS) is 19.6. The molecule has 0 aromatic heterocycles. The maximum Gasteiger partial charge on any atom is 0.328 e. The van der Waals surface area contributed by atoms with Crippen LogP contribution in [0.15, 0.2) is 24.3 Å². The third-order valence-electron chi connectivity index (χ3n) is 4.29. The Labute approximate surface area is 115 Å². The highest BCUT2D eigenvalue weighted by molar-refractivity contribution is 5.80. The summed E-state index contributed by atoms with van der Waals surface area (Å²) in [5.74, 6) is -0.288. The molecule has 0 bridgehead atoms. The van der Waals surface area contributed by atoms with Gasteiger partial charge in [-0.1, -0.05) is 38.1 Å². The molecule has 0 radical (unpaired) electrons. The van der Waals surface area contributed by atoms with Crippen molar-refractivity contribution in [2.75, 3.05) is 13.1 Å². The molecule has 0 amide bonds. The van der Waals surface area contributed by atoms with E-state index in [1.807, 2.05) is 19.1 Å². The molecule has 1 heterocycles. The Kier molecular flexibility index (Phi) is 3.95. The average molecular weight is 261 g/mol. The molecule has 19 heavy (non-hydrogen) atoms. The maximum atomic E-state index is 11.8. The Morgan fingerprint density at radius 1 is 1.21 bits per heavy atom. The van der Waals surface area contributed by atoms with Crippen LogP contribution in [0, 0.1) is 0 Å².